The first-order valence-electron chi connectivity index (χ1n) is 5.01. The van der Waals surface area contributed by atoms with Crippen LogP contribution in [-0.4, -0.2) is 20.6 Å². The third-order valence-electron chi connectivity index (χ3n) is 2.82. The molecule has 4 nitrogen and oxygen atoms in total. The van der Waals surface area contributed by atoms with Gasteiger partial charge in [0.2, 0.25) is 0 Å². The van der Waals surface area contributed by atoms with Crippen molar-refractivity contribution < 1.29 is 9.90 Å². The van der Waals surface area contributed by atoms with Crippen LogP contribution in [0.2, 0.25) is 0 Å². The van der Waals surface area contributed by atoms with Gasteiger partial charge in [0.1, 0.15) is 10.4 Å². The van der Waals surface area contributed by atoms with Crippen molar-refractivity contribution in [3.8, 4) is 0 Å². The Kier molecular flexibility index (Phi) is 2.82. The molecule has 1 unspecified atom stereocenters. The molecule has 0 spiro atoms. The highest BCUT2D eigenvalue weighted by Crippen LogP contribution is 2.27. The molecule has 0 aliphatic carbocycles. The van der Waals surface area contributed by atoms with Gasteiger partial charge in [0, 0.05) is 19.4 Å². The third-order valence-corrected chi connectivity index (χ3v) is 3.83. The topological polar surface area (TPSA) is 55.1 Å². The lowest BCUT2D eigenvalue weighted by atomic mass is 9.96. The van der Waals surface area contributed by atoms with Crippen molar-refractivity contribution in [1.29, 1.82) is 0 Å². The molecule has 5 heteroatoms. The fourth-order valence-electron chi connectivity index (χ4n) is 2.08. The first-order valence-corrected chi connectivity index (χ1v) is 5.80. The zero-order chi connectivity index (χ0) is 11.0. The molecule has 2 rings (SSSR count). The maximum Gasteiger partial charge on any atom is 0.303 e. The Labute approximate surface area is 96.4 Å². The standard InChI is InChI=1S/C10H13BrN2O2/c1-6-10(11)13-5-7(4-9(14)15)2-3-8(13)12-6/h7H,2-5H2,1H3,(H,14,15). The van der Waals surface area contributed by atoms with E-state index in [1.54, 1.807) is 0 Å². The van der Waals surface area contributed by atoms with Crippen LogP contribution in [0.1, 0.15) is 24.4 Å². The highest BCUT2D eigenvalue weighted by Gasteiger charge is 2.24. The lowest BCUT2D eigenvalue weighted by Crippen LogP contribution is -2.22. The minimum Gasteiger partial charge on any atom is -0.481 e. The number of carboxylic acid groups (broad SMARTS) is 1. The summed E-state index contributed by atoms with van der Waals surface area (Å²) in [6, 6.07) is 0. The van der Waals surface area contributed by atoms with Gasteiger partial charge in [0.25, 0.3) is 0 Å². The zero-order valence-corrected chi connectivity index (χ0v) is 10.1. The van der Waals surface area contributed by atoms with Crippen LogP contribution < -0.4 is 0 Å². The number of hydrogen-bond acceptors (Lipinski definition) is 2. The van der Waals surface area contributed by atoms with E-state index in [4.69, 9.17) is 5.11 Å². The number of imidazole rings is 1. The van der Waals surface area contributed by atoms with E-state index in [1.165, 1.54) is 0 Å². The van der Waals surface area contributed by atoms with Crippen LogP contribution >= 0.6 is 15.9 Å². The first kappa shape index (κ1) is 10.7. The first-order chi connectivity index (χ1) is 7.08. The molecule has 0 radical (unpaired) electrons. The van der Waals surface area contributed by atoms with Crippen LogP contribution in [0.15, 0.2) is 4.60 Å². The second kappa shape index (κ2) is 3.96. The van der Waals surface area contributed by atoms with Crippen molar-refractivity contribution >= 4 is 21.9 Å². The fourth-order valence-corrected chi connectivity index (χ4v) is 2.52. The smallest absolute Gasteiger partial charge is 0.303 e. The van der Waals surface area contributed by atoms with Gasteiger partial charge in [0.05, 0.1) is 5.69 Å². The minimum absolute atomic E-state index is 0.236. The van der Waals surface area contributed by atoms with E-state index in [0.29, 0.717) is 0 Å². The number of aliphatic carboxylic acids is 1. The van der Waals surface area contributed by atoms with Crippen molar-refractivity contribution in [3.63, 3.8) is 0 Å². The van der Waals surface area contributed by atoms with Gasteiger partial charge in [-0.1, -0.05) is 0 Å². The molecule has 1 aromatic heterocycles. The molecule has 0 fully saturated rings. The summed E-state index contributed by atoms with van der Waals surface area (Å²) in [6.45, 7) is 2.73. The molecule has 82 valence electrons. The van der Waals surface area contributed by atoms with Crippen LogP contribution in [0.5, 0.6) is 0 Å². The number of carboxylic acids is 1. The van der Waals surface area contributed by atoms with E-state index in [2.05, 4.69) is 25.5 Å². The van der Waals surface area contributed by atoms with Gasteiger partial charge in [-0.3, -0.25) is 4.79 Å². The molecule has 0 aromatic carbocycles. The third kappa shape index (κ3) is 2.07. The molecule has 15 heavy (non-hydrogen) atoms. The van der Waals surface area contributed by atoms with Crippen LogP contribution in [0.3, 0.4) is 0 Å². The predicted octanol–water partition coefficient (Wildman–Crippen LogP) is 1.99. The number of aryl methyl sites for hydroxylation is 2. The largest absolute Gasteiger partial charge is 0.481 e. The molecule has 1 atom stereocenters. The van der Waals surface area contributed by atoms with Crippen molar-refractivity contribution in [2.75, 3.05) is 0 Å². The van der Waals surface area contributed by atoms with Gasteiger partial charge in [-0.05, 0) is 35.2 Å². The Bertz CT molecular complexity index is 400. The molecule has 1 aliphatic heterocycles. The summed E-state index contributed by atoms with van der Waals surface area (Å²) in [6.07, 6.45) is 2.06. The average molecular weight is 273 g/mol. The van der Waals surface area contributed by atoms with Crippen LogP contribution in [-0.2, 0) is 17.8 Å². The number of fused-ring (bicyclic) bond motifs is 1. The maximum atomic E-state index is 10.6. The highest BCUT2D eigenvalue weighted by molar-refractivity contribution is 9.10. The average Bonchev–Trinajstić information content (AvgIpc) is 2.43. The Morgan fingerprint density at radius 3 is 3.13 bits per heavy atom. The highest BCUT2D eigenvalue weighted by atomic mass is 79.9. The molecule has 2 heterocycles. The second-order valence-electron chi connectivity index (χ2n) is 4.02. The van der Waals surface area contributed by atoms with Gasteiger partial charge < -0.3 is 9.67 Å². The van der Waals surface area contributed by atoms with Crippen molar-refractivity contribution in [2.45, 2.75) is 32.7 Å². The summed E-state index contributed by atoms with van der Waals surface area (Å²) in [5.41, 5.74) is 0.987. The lowest BCUT2D eigenvalue weighted by Gasteiger charge is -2.22. The Morgan fingerprint density at radius 1 is 1.73 bits per heavy atom. The van der Waals surface area contributed by atoms with Gasteiger partial charge >= 0.3 is 5.97 Å². The Hall–Kier alpha value is -0.840. The molecule has 1 N–H and O–H groups in total. The summed E-state index contributed by atoms with van der Waals surface area (Å²) in [5, 5.41) is 8.75. The Balaban J connectivity index is 2.18. The molecule has 0 saturated heterocycles. The minimum atomic E-state index is -0.712. The quantitative estimate of drug-likeness (QED) is 0.896. The SMILES string of the molecule is Cc1nc2n(c1Br)CC(CC(=O)O)CC2. The van der Waals surface area contributed by atoms with Crippen molar-refractivity contribution in [1.82, 2.24) is 9.55 Å². The number of rotatable bonds is 2. The molecule has 0 saturated carbocycles. The predicted molar refractivity (Wildman–Crippen MR) is 58.7 cm³/mol. The molecule has 0 bridgehead atoms. The summed E-state index contributed by atoms with van der Waals surface area (Å²) in [4.78, 5) is 15.1. The molecule has 1 aliphatic rings. The van der Waals surface area contributed by atoms with E-state index in [0.717, 1.165) is 35.5 Å². The molecule has 0 amide bonds. The summed E-state index contributed by atoms with van der Waals surface area (Å²) >= 11 is 3.48. The van der Waals surface area contributed by atoms with Crippen LogP contribution in [0, 0.1) is 12.8 Å². The van der Waals surface area contributed by atoms with Gasteiger partial charge in [-0.2, -0.15) is 0 Å². The van der Waals surface area contributed by atoms with E-state index in [1.807, 2.05) is 6.92 Å². The summed E-state index contributed by atoms with van der Waals surface area (Å²) in [7, 11) is 0. The van der Waals surface area contributed by atoms with E-state index >= 15 is 0 Å². The number of nitrogens with zero attached hydrogens (tertiary/aromatic N) is 2. The van der Waals surface area contributed by atoms with Gasteiger partial charge in [-0.25, -0.2) is 4.98 Å². The zero-order valence-electron chi connectivity index (χ0n) is 8.53. The monoisotopic (exact) mass is 272 g/mol. The van der Waals surface area contributed by atoms with E-state index in [-0.39, 0.29) is 12.3 Å². The number of halogens is 1. The number of carbonyl (C=O) groups is 1. The fraction of sp³-hybridized carbons (Fsp3) is 0.600. The lowest BCUT2D eigenvalue weighted by molar-refractivity contribution is -0.138. The van der Waals surface area contributed by atoms with Crippen molar-refractivity contribution in [3.05, 3.63) is 16.1 Å². The van der Waals surface area contributed by atoms with Crippen LogP contribution in [0.4, 0.5) is 0 Å². The van der Waals surface area contributed by atoms with Crippen molar-refractivity contribution in [2.24, 2.45) is 5.92 Å². The van der Waals surface area contributed by atoms with E-state index < -0.39 is 5.97 Å². The normalized spacial score (nSPS) is 20.0. The van der Waals surface area contributed by atoms with Crippen LogP contribution in [0.25, 0.3) is 0 Å². The maximum absolute atomic E-state index is 10.6. The van der Waals surface area contributed by atoms with Gasteiger partial charge in [-0.15, -0.1) is 0 Å². The molecule has 1 aromatic rings. The Morgan fingerprint density at radius 2 is 2.47 bits per heavy atom. The summed E-state index contributed by atoms with van der Waals surface area (Å²) < 4.78 is 3.08. The second-order valence-corrected chi connectivity index (χ2v) is 4.77. The van der Waals surface area contributed by atoms with E-state index in [9.17, 15) is 4.79 Å². The van der Waals surface area contributed by atoms with Gasteiger partial charge in [0.15, 0.2) is 0 Å². The number of aromatic nitrogens is 2. The molecular formula is C10H13BrN2O2. The molecular weight excluding hydrogens is 260 g/mol. The summed E-state index contributed by atoms with van der Waals surface area (Å²) in [5.74, 6) is 0.595. The number of hydrogen-bond donors (Lipinski definition) is 1.